The molecule has 0 amide bonds. The zero-order valence-electron chi connectivity index (χ0n) is 12.0. The van der Waals surface area contributed by atoms with Crippen molar-refractivity contribution in [3.63, 3.8) is 0 Å². The fourth-order valence-electron chi connectivity index (χ4n) is 1.60. The Morgan fingerprint density at radius 2 is 2.05 bits per heavy atom. The molecule has 1 aromatic rings. The molecule has 0 aliphatic heterocycles. The Balaban J connectivity index is 0.00000361. The molecule has 1 N–H and O–H groups in total. The van der Waals surface area contributed by atoms with Crippen molar-refractivity contribution in [3.8, 4) is 23.8 Å². The molecule has 0 aromatic heterocycles. The summed E-state index contributed by atoms with van der Waals surface area (Å²) < 4.78 is 11.8. The van der Waals surface area contributed by atoms with Crippen molar-refractivity contribution in [2.45, 2.75) is 20.4 Å². The van der Waals surface area contributed by atoms with Crippen molar-refractivity contribution >= 4 is 28.3 Å². The van der Waals surface area contributed by atoms with E-state index in [2.05, 4.69) is 41.0 Å². The van der Waals surface area contributed by atoms with E-state index in [1.807, 2.05) is 12.1 Å². The van der Waals surface area contributed by atoms with E-state index in [9.17, 15) is 0 Å². The van der Waals surface area contributed by atoms with Gasteiger partial charge in [0.05, 0.1) is 7.11 Å². The Hall–Kier alpha value is -0.890. The van der Waals surface area contributed by atoms with Gasteiger partial charge in [-0.05, 0) is 30.2 Å². The molecule has 0 saturated carbocycles. The van der Waals surface area contributed by atoms with Crippen LogP contribution in [0.5, 0.6) is 11.5 Å². The summed E-state index contributed by atoms with van der Waals surface area (Å²) in [7, 11) is 1.62. The van der Waals surface area contributed by atoms with Gasteiger partial charge in [0, 0.05) is 11.0 Å². The Morgan fingerprint density at radius 3 is 2.60 bits per heavy atom. The Morgan fingerprint density at radius 1 is 1.35 bits per heavy atom. The molecule has 0 aliphatic carbocycles. The summed E-state index contributed by atoms with van der Waals surface area (Å²) in [6, 6.07) is 3.85. The van der Waals surface area contributed by atoms with Crippen LogP contribution in [0.3, 0.4) is 0 Å². The quantitative estimate of drug-likeness (QED) is 0.751. The number of hydrogen-bond acceptors (Lipinski definition) is 3. The van der Waals surface area contributed by atoms with Crippen molar-refractivity contribution in [2.24, 2.45) is 5.92 Å². The average molecular weight is 363 g/mol. The normalized spacial score (nSPS) is 9.80. The zero-order chi connectivity index (χ0) is 14.3. The van der Waals surface area contributed by atoms with Gasteiger partial charge in [-0.3, -0.25) is 0 Å². The number of rotatable bonds is 7. The van der Waals surface area contributed by atoms with Crippen molar-refractivity contribution < 1.29 is 9.47 Å². The molecule has 112 valence electrons. The van der Waals surface area contributed by atoms with E-state index in [0.717, 1.165) is 23.1 Å². The molecule has 3 nitrogen and oxygen atoms in total. The van der Waals surface area contributed by atoms with E-state index in [4.69, 9.17) is 15.9 Å². The standard InChI is InChI=1S/C15H20BrNO2.ClH/c1-5-6-19-15-8-13(16)12(7-14(15)18-4)10-17-9-11(2)3;/h1,7-8,11,17H,6,9-10H2,2-4H3;1H. The van der Waals surface area contributed by atoms with E-state index in [0.29, 0.717) is 17.4 Å². The SMILES string of the molecule is C#CCOc1cc(Br)c(CNCC(C)C)cc1OC.Cl. The van der Waals surface area contributed by atoms with Crippen molar-refractivity contribution in [1.29, 1.82) is 0 Å². The summed E-state index contributed by atoms with van der Waals surface area (Å²) in [5.41, 5.74) is 1.13. The minimum Gasteiger partial charge on any atom is -0.493 e. The minimum absolute atomic E-state index is 0. The summed E-state index contributed by atoms with van der Waals surface area (Å²) >= 11 is 3.54. The summed E-state index contributed by atoms with van der Waals surface area (Å²) in [5.74, 6) is 4.41. The first-order valence-electron chi connectivity index (χ1n) is 6.21. The lowest BCUT2D eigenvalue weighted by Crippen LogP contribution is -2.19. The first-order chi connectivity index (χ1) is 9.08. The first-order valence-corrected chi connectivity index (χ1v) is 7.01. The Bertz CT molecular complexity index is 458. The van der Waals surface area contributed by atoms with Gasteiger partial charge in [-0.2, -0.15) is 0 Å². The highest BCUT2D eigenvalue weighted by atomic mass is 79.9. The van der Waals surface area contributed by atoms with E-state index >= 15 is 0 Å². The molecule has 0 spiro atoms. The van der Waals surface area contributed by atoms with Crippen LogP contribution in [0.25, 0.3) is 0 Å². The van der Waals surface area contributed by atoms with E-state index in [1.165, 1.54) is 0 Å². The number of benzene rings is 1. The Kier molecular flexibility index (Phi) is 9.49. The van der Waals surface area contributed by atoms with Gasteiger partial charge in [-0.1, -0.05) is 35.7 Å². The molecule has 20 heavy (non-hydrogen) atoms. The fourth-order valence-corrected chi connectivity index (χ4v) is 2.06. The first kappa shape index (κ1) is 19.1. The number of methoxy groups -OCH3 is 1. The van der Waals surface area contributed by atoms with Crippen LogP contribution in [0, 0.1) is 18.3 Å². The van der Waals surface area contributed by atoms with Crippen LogP contribution in [-0.2, 0) is 6.54 Å². The second kappa shape index (κ2) is 9.93. The van der Waals surface area contributed by atoms with Crippen LogP contribution >= 0.6 is 28.3 Å². The molecule has 0 heterocycles. The molecule has 0 atom stereocenters. The van der Waals surface area contributed by atoms with Crippen molar-refractivity contribution in [3.05, 3.63) is 22.2 Å². The number of halogens is 2. The highest BCUT2D eigenvalue weighted by Gasteiger charge is 2.10. The second-order valence-corrected chi connectivity index (χ2v) is 5.47. The lowest BCUT2D eigenvalue weighted by Gasteiger charge is -2.14. The number of ether oxygens (including phenoxy) is 2. The van der Waals surface area contributed by atoms with Crippen LogP contribution < -0.4 is 14.8 Å². The van der Waals surface area contributed by atoms with E-state index in [-0.39, 0.29) is 19.0 Å². The highest BCUT2D eigenvalue weighted by molar-refractivity contribution is 9.10. The van der Waals surface area contributed by atoms with Crippen molar-refractivity contribution in [2.75, 3.05) is 20.3 Å². The molecule has 5 heteroatoms. The topological polar surface area (TPSA) is 30.5 Å². The molecule has 0 bridgehead atoms. The van der Waals surface area contributed by atoms with Gasteiger partial charge in [0.15, 0.2) is 11.5 Å². The minimum atomic E-state index is 0. The molecule has 0 unspecified atom stereocenters. The number of nitrogens with one attached hydrogen (secondary N) is 1. The van der Waals surface area contributed by atoms with Crippen LogP contribution in [0.2, 0.25) is 0 Å². The molecule has 0 fully saturated rings. The van der Waals surface area contributed by atoms with Crippen LogP contribution in [-0.4, -0.2) is 20.3 Å². The maximum absolute atomic E-state index is 5.44. The smallest absolute Gasteiger partial charge is 0.163 e. The summed E-state index contributed by atoms with van der Waals surface area (Å²) in [6.07, 6.45) is 5.19. The van der Waals surface area contributed by atoms with Gasteiger partial charge in [0.25, 0.3) is 0 Å². The van der Waals surface area contributed by atoms with Crippen molar-refractivity contribution in [1.82, 2.24) is 5.32 Å². The predicted molar refractivity (Wildman–Crippen MR) is 88.8 cm³/mol. The van der Waals surface area contributed by atoms with Crippen LogP contribution in [0.4, 0.5) is 0 Å². The van der Waals surface area contributed by atoms with E-state index in [1.54, 1.807) is 7.11 Å². The van der Waals surface area contributed by atoms with E-state index < -0.39 is 0 Å². The van der Waals surface area contributed by atoms with Crippen LogP contribution in [0.1, 0.15) is 19.4 Å². The number of terminal acetylenes is 1. The van der Waals surface area contributed by atoms with Gasteiger partial charge in [0.2, 0.25) is 0 Å². The molecule has 1 aromatic carbocycles. The molecular formula is C15H21BrClNO2. The maximum atomic E-state index is 5.44. The van der Waals surface area contributed by atoms with Crippen LogP contribution in [0.15, 0.2) is 16.6 Å². The second-order valence-electron chi connectivity index (χ2n) is 4.61. The summed E-state index contributed by atoms with van der Waals surface area (Å²) in [5, 5.41) is 3.40. The predicted octanol–water partition coefficient (Wildman–Crippen LogP) is 3.64. The lowest BCUT2D eigenvalue weighted by molar-refractivity contribution is 0.330. The largest absolute Gasteiger partial charge is 0.493 e. The molecular weight excluding hydrogens is 342 g/mol. The van der Waals surface area contributed by atoms with Gasteiger partial charge in [-0.15, -0.1) is 18.8 Å². The zero-order valence-corrected chi connectivity index (χ0v) is 14.4. The molecule has 0 radical (unpaired) electrons. The van der Waals surface area contributed by atoms with Gasteiger partial charge in [0.1, 0.15) is 6.61 Å². The summed E-state index contributed by atoms with van der Waals surface area (Å²) in [4.78, 5) is 0. The molecule has 0 aliphatic rings. The fraction of sp³-hybridized carbons (Fsp3) is 0.467. The average Bonchev–Trinajstić information content (AvgIpc) is 2.38. The molecule has 1 rings (SSSR count). The van der Waals surface area contributed by atoms with Gasteiger partial charge < -0.3 is 14.8 Å². The monoisotopic (exact) mass is 361 g/mol. The third-order valence-electron chi connectivity index (χ3n) is 2.51. The lowest BCUT2D eigenvalue weighted by atomic mass is 10.2. The molecule has 0 saturated heterocycles. The highest BCUT2D eigenvalue weighted by Crippen LogP contribution is 2.33. The summed E-state index contributed by atoms with van der Waals surface area (Å²) in [6.45, 7) is 6.35. The number of hydrogen-bond donors (Lipinski definition) is 1. The maximum Gasteiger partial charge on any atom is 0.163 e. The third kappa shape index (κ3) is 6.04. The van der Waals surface area contributed by atoms with Gasteiger partial charge in [-0.25, -0.2) is 0 Å². The third-order valence-corrected chi connectivity index (χ3v) is 3.25. The van der Waals surface area contributed by atoms with Gasteiger partial charge >= 0.3 is 0 Å². The Labute approximate surface area is 136 Å².